The molecule has 12 N–H and O–H groups in total. The van der Waals surface area contributed by atoms with E-state index in [0.717, 1.165) is 4.90 Å². The summed E-state index contributed by atoms with van der Waals surface area (Å²) < 4.78 is 5.56. The lowest BCUT2D eigenvalue weighted by molar-refractivity contribution is -0.197. The zero-order valence-corrected chi connectivity index (χ0v) is 24.1. The number of hydrogen-bond acceptors (Lipinski definition) is 12. The van der Waals surface area contributed by atoms with Gasteiger partial charge in [-0.15, -0.1) is 0 Å². The largest absolute Gasteiger partial charge is 0.481 e. The number of carboxylic acids is 5. The Morgan fingerprint density at radius 3 is 1.80 bits per heavy atom. The van der Waals surface area contributed by atoms with E-state index < -0.39 is 104 Å². The smallest absolute Gasteiger partial charge is 0.328 e. The molecule has 0 heterocycles. The summed E-state index contributed by atoms with van der Waals surface area (Å²) in [6.07, 6.45) is -6.70. The lowest BCUT2D eigenvalue weighted by Gasteiger charge is -2.57. The van der Waals surface area contributed by atoms with Gasteiger partial charge in [0, 0.05) is 31.5 Å². The number of nitrogens with zero attached hydrogens (tertiary/aromatic N) is 1. The molecule has 0 saturated heterocycles. The van der Waals surface area contributed by atoms with Crippen LogP contribution >= 0.6 is 0 Å². The Kier molecular flexibility index (Phi) is 15.3. The Morgan fingerprint density at radius 2 is 1.36 bits per heavy atom. The number of rotatable bonds is 23. The van der Waals surface area contributed by atoms with Crippen molar-refractivity contribution in [3.63, 3.8) is 0 Å². The highest BCUT2D eigenvalue weighted by Crippen LogP contribution is 2.54. The summed E-state index contributed by atoms with van der Waals surface area (Å²) >= 11 is 0. The number of hydrogen-bond donors (Lipinski definition) is 9. The summed E-state index contributed by atoms with van der Waals surface area (Å²) in [5, 5.41) is 53.1. The summed E-state index contributed by atoms with van der Waals surface area (Å²) in [6, 6.07) is 7.98. The van der Waals surface area contributed by atoms with Crippen LogP contribution in [-0.4, -0.2) is 111 Å². The molecule has 2 unspecified atom stereocenters. The lowest BCUT2D eigenvalue weighted by Crippen LogP contribution is -2.74. The maximum Gasteiger partial charge on any atom is 0.328 e. The zero-order chi connectivity index (χ0) is 33.5. The summed E-state index contributed by atoms with van der Waals surface area (Å²) in [4.78, 5) is 77.3. The molecule has 0 amide bonds. The number of benzene rings is 1. The third kappa shape index (κ3) is 9.95. The molecule has 0 spiro atoms. The standard InChI is InChI=1S/C27H41N5O12/c28-7-6-18(10-20(33)34)26(11-21(35)36,12-22(37)38)27(13-23(39)40,25(43)44-16-17-4-2-1-3-5-17)32(15-24(41)42)19(14-30)31-9-8-29/h1-5,18-19,31H,6-16,28-30H2,(H,33,34)(H,35,36)(H,37,38)(H,39,40)(H,41,42)/t18?,19?,27-/m1/s1. The third-order valence-electron chi connectivity index (χ3n) is 7.35. The number of aliphatic carboxylic acids is 5. The topological polar surface area (TPSA) is 306 Å². The highest BCUT2D eigenvalue weighted by atomic mass is 16.5. The molecule has 1 aromatic carbocycles. The number of carbonyl (C=O) groups excluding carboxylic acids is 1. The Labute approximate surface area is 252 Å². The summed E-state index contributed by atoms with van der Waals surface area (Å²) in [5.41, 5.74) is 12.1. The average molecular weight is 628 g/mol. The van der Waals surface area contributed by atoms with Crippen molar-refractivity contribution in [1.29, 1.82) is 0 Å². The van der Waals surface area contributed by atoms with Gasteiger partial charge in [-0.2, -0.15) is 0 Å². The number of carboxylic acid groups (broad SMARTS) is 5. The minimum absolute atomic E-state index is 0.0357. The normalized spacial score (nSPS) is 14.3. The van der Waals surface area contributed by atoms with Crippen molar-refractivity contribution in [2.75, 3.05) is 32.7 Å². The van der Waals surface area contributed by atoms with E-state index in [-0.39, 0.29) is 26.1 Å². The van der Waals surface area contributed by atoms with Crippen LogP contribution in [0.3, 0.4) is 0 Å². The van der Waals surface area contributed by atoms with Crippen molar-refractivity contribution >= 4 is 35.8 Å². The first-order chi connectivity index (χ1) is 20.7. The maximum absolute atomic E-state index is 14.5. The van der Waals surface area contributed by atoms with Crippen molar-refractivity contribution in [2.24, 2.45) is 28.5 Å². The fourth-order valence-corrected chi connectivity index (χ4v) is 5.75. The lowest BCUT2D eigenvalue weighted by atomic mass is 9.54. The fraction of sp³-hybridized carbons (Fsp3) is 0.556. The van der Waals surface area contributed by atoms with E-state index in [1.54, 1.807) is 30.3 Å². The van der Waals surface area contributed by atoms with Gasteiger partial charge in [-0.25, -0.2) is 4.79 Å². The molecule has 0 radical (unpaired) electrons. The van der Waals surface area contributed by atoms with E-state index in [9.17, 15) is 54.3 Å². The molecule has 0 aliphatic rings. The number of nitrogens with two attached hydrogens (primary N) is 3. The van der Waals surface area contributed by atoms with Crippen LogP contribution in [0.25, 0.3) is 0 Å². The molecular formula is C27H41N5O12. The summed E-state index contributed by atoms with van der Waals surface area (Å²) in [6.45, 7) is -2.60. The van der Waals surface area contributed by atoms with Gasteiger partial charge in [-0.05, 0) is 24.4 Å². The van der Waals surface area contributed by atoms with Crippen LogP contribution in [0.2, 0.25) is 0 Å². The van der Waals surface area contributed by atoms with Gasteiger partial charge < -0.3 is 47.5 Å². The predicted octanol–water partition coefficient (Wildman–Crippen LogP) is -1.46. The molecule has 0 bridgehead atoms. The van der Waals surface area contributed by atoms with Gasteiger partial charge >= 0.3 is 35.8 Å². The van der Waals surface area contributed by atoms with Crippen LogP contribution in [0.4, 0.5) is 0 Å². The molecule has 0 aliphatic carbocycles. The van der Waals surface area contributed by atoms with Crippen molar-refractivity contribution < 1.29 is 59.0 Å². The monoisotopic (exact) mass is 627 g/mol. The molecular weight excluding hydrogens is 586 g/mol. The van der Waals surface area contributed by atoms with Crippen LogP contribution in [0.15, 0.2) is 30.3 Å². The van der Waals surface area contributed by atoms with Gasteiger partial charge in [-0.1, -0.05) is 30.3 Å². The van der Waals surface area contributed by atoms with E-state index in [4.69, 9.17) is 21.9 Å². The Morgan fingerprint density at radius 1 is 0.795 bits per heavy atom. The Balaban J connectivity index is 4.43. The van der Waals surface area contributed by atoms with Crippen molar-refractivity contribution in [2.45, 2.75) is 50.4 Å². The summed E-state index contributed by atoms with van der Waals surface area (Å²) in [5.74, 6) is -11.5. The van der Waals surface area contributed by atoms with E-state index >= 15 is 0 Å². The van der Waals surface area contributed by atoms with Crippen LogP contribution in [0, 0.1) is 11.3 Å². The van der Waals surface area contributed by atoms with Crippen molar-refractivity contribution in [3.8, 4) is 0 Å². The molecule has 0 fully saturated rings. The van der Waals surface area contributed by atoms with Gasteiger partial charge in [0.2, 0.25) is 0 Å². The molecule has 3 atom stereocenters. The first-order valence-electron chi connectivity index (χ1n) is 13.6. The van der Waals surface area contributed by atoms with Crippen molar-refractivity contribution in [3.05, 3.63) is 35.9 Å². The second-order valence-corrected chi connectivity index (χ2v) is 10.2. The predicted molar refractivity (Wildman–Crippen MR) is 152 cm³/mol. The molecule has 246 valence electrons. The average Bonchev–Trinajstić information content (AvgIpc) is 2.93. The number of ether oxygens (including phenoxy) is 1. The maximum atomic E-state index is 14.5. The van der Waals surface area contributed by atoms with E-state index in [0.29, 0.717) is 5.56 Å². The molecule has 0 saturated carbocycles. The van der Waals surface area contributed by atoms with Crippen LogP contribution in [0.5, 0.6) is 0 Å². The first kappa shape index (κ1) is 37.9. The quantitative estimate of drug-likeness (QED) is 0.0494. The van der Waals surface area contributed by atoms with Gasteiger partial charge in [-0.3, -0.25) is 34.2 Å². The second kappa shape index (κ2) is 17.8. The second-order valence-electron chi connectivity index (χ2n) is 10.2. The molecule has 0 aromatic heterocycles. The SMILES string of the molecule is NCCNC(CN)N(CC(=O)O)[C@](CC(=O)O)(C(=O)OCc1ccccc1)C(CC(=O)O)(CC(=O)O)C(CCN)CC(=O)O. The highest BCUT2D eigenvalue weighted by Gasteiger charge is 2.67. The minimum Gasteiger partial charge on any atom is -0.481 e. The Bertz CT molecular complexity index is 1140. The Hall–Kier alpha value is -4.16. The zero-order valence-electron chi connectivity index (χ0n) is 24.1. The summed E-state index contributed by atoms with van der Waals surface area (Å²) in [7, 11) is 0. The number of esters is 1. The number of nitrogens with one attached hydrogen (secondary N) is 1. The van der Waals surface area contributed by atoms with Crippen LogP contribution in [0.1, 0.15) is 37.7 Å². The van der Waals surface area contributed by atoms with Gasteiger partial charge in [0.25, 0.3) is 0 Å². The van der Waals surface area contributed by atoms with Gasteiger partial charge in [0.1, 0.15) is 12.1 Å². The van der Waals surface area contributed by atoms with Gasteiger partial charge in [0.15, 0.2) is 0 Å². The van der Waals surface area contributed by atoms with Gasteiger partial charge in [0.05, 0.1) is 32.0 Å². The fourth-order valence-electron chi connectivity index (χ4n) is 5.75. The van der Waals surface area contributed by atoms with Crippen LogP contribution < -0.4 is 22.5 Å². The van der Waals surface area contributed by atoms with E-state index in [1.807, 2.05) is 0 Å². The third-order valence-corrected chi connectivity index (χ3v) is 7.35. The van der Waals surface area contributed by atoms with E-state index in [1.165, 1.54) is 0 Å². The minimum atomic E-state index is -2.95. The highest BCUT2D eigenvalue weighted by molar-refractivity contribution is 5.91. The van der Waals surface area contributed by atoms with Crippen LogP contribution in [-0.2, 0) is 40.1 Å². The van der Waals surface area contributed by atoms with Crippen molar-refractivity contribution in [1.82, 2.24) is 10.2 Å². The molecule has 44 heavy (non-hydrogen) atoms. The van der Waals surface area contributed by atoms with E-state index in [2.05, 4.69) is 5.32 Å². The molecule has 17 heteroatoms. The molecule has 1 aromatic rings. The number of carbonyl (C=O) groups is 6. The first-order valence-corrected chi connectivity index (χ1v) is 13.6. The molecule has 1 rings (SSSR count). The molecule has 0 aliphatic heterocycles. The molecule has 17 nitrogen and oxygen atoms in total.